The zero-order valence-electron chi connectivity index (χ0n) is 12.4. The van der Waals surface area contributed by atoms with Gasteiger partial charge in [0.05, 0.1) is 0 Å². The first-order chi connectivity index (χ1) is 11.1. The van der Waals surface area contributed by atoms with Gasteiger partial charge in [-0.05, 0) is 24.0 Å². The van der Waals surface area contributed by atoms with Crippen molar-refractivity contribution in [2.24, 2.45) is 0 Å². The first-order valence-electron chi connectivity index (χ1n) is 7.69. The van der Waals surface area contributed by atoms with E-state index in [1.807, 2.05) is 24.3 Å². The highest BCUT2D eigenvalue weighted by atomic mass is 16.4. The lowest BCUT2D eigenvalue weighted by Gasteiger charge is -2.33. The summed E-state index contributed by atoms with van der Waals surface area (Å²) < 4.78 is 5.36. The first-order valence-corrected chi connectivity index (χ1v) is 7.69. The van der Waals surface area contributed by atoms with Crippen LogP contribution in [0, 0.1) is 0 Å². The molecule has 1 fully saturated rings. The van der Waals surface area contributed by atoms with Gasteiger partial charge in [-0.15, -0.1) is 0 Å². The molecule has 6 heteroatoms. The number of aromatic nitrogens is 1. The van der Waals surface area contributed by atoms with Crippen LogP contribution in [0.2, 0.25) is 0 Å². The van der Waals surface area contributed by atoms with Crippen LogP contribution in [0.1, 0.15) is 46.3 Å². The highest BCUT2D eigenvalue weighted by Crippen LogP contribution is 2.39. The standard InChI is InChI=1S/C17H16N2O4/c20-16(13-9-23-15(18-13)10-5-6-10)19-8-12-4-2-1-3-11(12)7-14(19)17(21)22/h1-4,9-10,14H,5-8H2,(H,21,22). The predicted octanol–water partition coefficient (Wildman–Crippen LogP) is 2.20. The zero-order chi connectivity index (χ0) is 16.0. The number of carboxylic acids is 1. The second-order valence-corrected chi connectivity index (χ2v) is 6.11. The van der Waals surface area contributed by atoms with Crippen molar-refractivity contribution in [1.82, 2.24) is 9.88 Å². The predicted molar refractivity (Wildman–Crippen MR) is 79.9 cm³/mol. The maximum Gasteiger partial charge on any atom is 0.326 e. The molecule has 1 atom stereocenters. The number of amides is 1. The number of aliphatic carboxylic acids is 1. The lowest BCUT2D eigenvalue weighted by atomic mass is 9.94. The fourth-order valence-electron chi connectivity index (χ4n) is 3.01. The molecule has 1 aromatic heterocycles. The van der Waals surface area contributed by atoms with Crippen LogP contribution in [-0.2, 0) is 17.8 Å². The number of carbonyl (C=O) groups excluding carboxylic acids is 1. The van der Waals surface area contributed by atoms with Gasteiger partial charge in [0, 0.05) is 18.9 Å². The fraction of sp³-hybridized carbons (Fsp3) is 0.353. The van der Waals surface area contributed by atoms with Crippen molar-refractivity contribution in [3.63, 3.8) is 0 Å². The third-order valence-corrected chi connectivity index (χ3v) is 4.46. The molecular formula is C17H16N2O4. The van der Waals surface area contributed by atoms with Gasteiger partial charge in [-0.2, -0.15) is 0 Å². The fourth-order valence-corrected chi connectivity index (χ4v) is 3.01. The van der Waals surface area contributed by atoms with E-state index in [2.05, 4.69) is 4.98 Å². The van der Waals surface area contributed by atoms with Crippen molar-refractivity contribution < 1.29 is 19.1 Å². The Hall–Kier alpha value is -2.63. The van der Waals surface area contributed by atoms with Gasteiger partial charge < -0.3 is 14.4 Å². The van der Waals surface area contributed by atoms with Gasteiger partial charge in [0.15, 0.2) is 11.6 Å². The second-order valence-electron chi connectivity index (χ2n) is 6.11. The van der Waals surface area contributed by atoms with Crippen LogP contribution in [0.25, 0.3) is 0 Å². The number of oxazole rings is 1. The minimum atomic E-state index is -1.00. The molecule has 0 radical (unpaired) electrons. The van der Waals surface area contributed by atoms with Gasteiger partial charge in [-0.3, -0.25) is 4.79 Å². The van der Waals surface area contributed by atoms with Crippen molar-refractivity contribution in [3.05, 3.63) is 53.2 Å². The Morgan fingerprint density at radius 3 is 2.65 bits per heavy atom. The van der Waals surface area contributed by atoms with Crippen LogP contribution < -0.4 is 0 Å². The summed E-state index contributed by atoms with van der Waals surface area (Å²) in [5.41, 5.74) is 2.14. The molecule has 0 spiro atoms. The van der Waals surface area contributed by atoms with E-state index in [0.29, 0.717) is 18.2 Å². The van der Waals surface area contributed by atoms with Crippen molar-refractivity contribution in [1.29, 1.82) is 0 Å². The minimum absolute atomic E-state index is 0.192. The van der Waals surface area contributed by atoms with Crippen LogP contribution in [0.4, 0.5) is 0 Å². The van der Waals surface area contributed by atoms with Crippen LogP contribution >= 0.6 is 0 Å². The molecule has 2 aromatic rings. The summed E-state index contributed by atoms with van der Waals surface area (Å²) in [6, 6.07) is 6.73. The molecule has 1 N–H and O–H groups in total. The third-order valence-electron chi connectivity index (χ3n) is 4.46. The zero-order valence-corrected chi connectivity index (χ0v) is 12.4. The van der Waals surface area contributed by atoms with Crippen molar-refractivity contribution in [2.75, 3.05) is 0 Å². The highest BCUT2D eigenvalue weighted by Gasteiger charge is 2.37. The summed E-state index contributed by atoms with van der Waals surface area (Å²) in [5.74, 6) is -0.493. The Labute approximate surface area is 132 Å². The molecule has 0 bridgehead atoms. The van der Waals surface area contributed by atoms with E-state index in [9.17, 15) is 14.7 Å². The number of carboxylic acid groups (broad SMARTS) is 1. The van der Waals surface area contributed by atoms with Gasteiger partial charge >= 0.3 is 5.97 Å². The minimum Gasteiger partial charge on any atom is -0.480 e. The molecule has 1 aromatic carbocycles. The molecule has 1 unspecified atom stereocenters. The monoisotopic (exact) mass is 312 g/mol. The summed E-state index contributed by atoms with van der Waals surface area (Å²) in [6.45, 7) is 0.275. The van der Waals surface area contributed by atoms with E-state index >= 15 is 0 Å². The molecule has 6 nitrogen and oxygen atoms in total. The number of nitrogens with zero attached hydrogens (tertiary/aromatic N) is 2. The van der Waals surface area contributed by atoms with E-state index in [4.69, 9.17) is 4.42 Å². The Bertz CT molecular complexity index is 778. The number of fused-ring (bicyclic) bond motifs is 1. The Morgan fingerprint density at radius 1 is 1.22 bits per heavy atom. The van der Waals surface area contributed by atoms with E-state index < -0.39 is 12.0 Å². The first kappa shape index (κ1) is 14.0. The van der Waals surface area contributed by atoms with Gasteiger partial charge in [0.1, 0.15) is 12.3 Å². The molecule has 1 saturated carbocycles. The third kappa shape index (κ3) is 2.50. The van der Waals surface area contributed by atoms with E-state index in [1.54, 1.807) is 0 Å². The van der Waals surface area contributed by atoms with E-state index in [1.165, 1.54) is 11.2 Å². The maximum atomic E-state index is 12.7. The van der Waals surface area contributed by atoms with E-state index in [0.717, 1.165) is 24.0 Å². The SMILES string of the molecule is O=C(O)C1Cc2ccccc2CN1C(=O)c1coc(C2CC2)n1. The van der Waals surface area contributed by atoms with Gasteiger partial charge in [0.2, 0.25) is 0 Å². The van der Waals surface area contributed by atoms with Crippen LogP contribution in [0.5, 0.6) is 0 Å². The quantitative estimate of drug-likeness (QED) is 0.939. The average Bonchev–Trinajstić information content (AvgIpc) is 3.30. The van der Waals surface area contributed by atoms with Crippen LogP contribution in [0.3, 0.4) is 0 Å². The van der Waals surface area contributed by atoms with Crippen LogP contribution in [-0.4, -0.2) is 32.9 Å². The van der Waals surface area contributed by atoms with Crippen molar-refractivity contribution >= 4 is 11.9 Å². The highest BCUT2D eigenvalue weighted by molar-refractivity contribution is 5.95. The lowest BCUT2D eigenvalue weighted by Crippen LogP contribution is -2.48. The summed E-state index contributed by atoms with van der Waals surface area (Å²) in [6.07, 6.45) is 3.71. The number of benzene rings is 1. The summed E-state index contributed by atoms with van der Waals surface area (Å²) in [5, 5.41) is 9.50. The number of hydrogen-bond donors (Lipinski definition) is 1. The Morgan fingerprint density at radius 2 is 1.96 bits per heavy atom. The number of hydrogen-bond acceptors (Lipinski definition) is 4. The molecular weight excluding hydrogens is 296 g/mol. The Balaban J connectivity index is 1.64. The van der Waals surface area contributed by atoms with Gasteiger partial charge in [-0.25, -0.2) is 9.78 Å². The molecule has 23 heavy (non-hydrogen) atoms. The van der Waals surface area contributed by atoms with Crippen molar-refractivity contribution in [2.45, 2.75) is 37.8 Å². The smallest absolute Gasteiger partial charge is 0.326 e. The average molecular weight is 312 g/mol. The maximum absolute atomic E-state index is 12.7. The van der Waals surface area contributed by atoms with E-state index in [-0.39, 0.29) is 18.1 Å². The van der Waals surface area contributed by atoms with Crippen molar-refractivity contribution in [3.8, 4) is 0 Å². The molecule has 0 saturated heterocycles. The molecule has 2 aliphatic rings. The summed E-state index contributed by atoms with van der Waals surface area (Å²) in [7, 11) is 0. The van der Waals surface area contributed by atoms with Gasteiger partial charge in [0.25, 0.3) is 5.91 Å². The largest absolute Gasteiger partial charge is 0.480 e. The number of rotatable bonds is 3. The normalized spacial score (nSPS) is 20.2. The van der Waals surface area contributed by atoms with Gasteiger partial charge in [-0.1, -0.05) is 24.3 Å². The summed E-state index contributed by atoms with van der Waals surface area (Å²) in [4.78, 5) is 29.9. The van der Waals surface area contributed by atoms with Crippen LogP contribution in [0.15, 0.2) is 34.9 Å². The lowest BCUT2D eigenvalue weighted by molar-refractivity contribution is -0.142. The topological polar surface area (TPSA) is 83.6 Å². The molecule has 1 aliphatic carbocycles. The second kappa shape index (κ2) is 5.22. The Kier molecular flexibility index (Phi) is 3.18. The molecule has 4 rings (SSSR count). The molecule has 118 valence electrons. The number of carbonyl (C=O) groups is 2. The molecule has 1 amide bonds. The molecule has 2 heterocycles. The molecule has 1 aliphatic heterocycles. The summed E-state index contributed by atoms with van der Waals surface area (Å²) >= 11 is 0.